The number of fused-ring (bicyclic) bond motifs is 1. The van der Waals surface area contributed by atoms with Crippen molar-refractivity contribution in [2.75, 3.05) is 26.2 Å². The van der Waals surface area contributed by atoms with Gasteiger partial charge in [0.1, 0.15) is 15.9 Å². The molecule has 0 radical (unpaired) electrons. The number of halogens is 1. The molecule has 9 heteroatoms. The smallest absolute Gasteiger partial charge is 0.245 e. The van der Waals surface area contributed by atoms with Gasteiger partial charge < -0.3 is 5.32 Å². The summed E-state index contributed by atoms with van der Waals surface area (Å²) in [5.74, 6) is 0. The average Bonchev–Trinajstić information content (AvgIpc) is 2.87. The summed E-state index contributed by atoms with van der Waals surface area (Å²) in [6, 6.07) is 5.08. The zero-order chi connectivity index (χ0) is 12.6. The summed E-state index contributed by atoms with van der Waals surface area (Å²) in [6.07, 6.45) is 0. The van der Waals surface area contributed by atoms with Crippen LogP contribution in [0.5, 0.6) is 0 Å². The first kappa shape index (κ1) is 14.6. The van der Waals surface area contributed by atoms with Gasteiger partial charge in [-0.05, 0) is 12.1 Å². The van der Waals surface area contributed by atoms with Gasteiger partial charge in [-0.3, -0.25) is 0 Å². The molecule has 1 fully saturated rings. The van der Waals surface area contributed by atoms with Gasteiger partial charge in [0.15, 0.2) is 0 Å². The predicted molar refractivity (Wildman–Crippen MR) is 76.3 cm³/mol. The number of aromatic nitrogens is 2. The van der Waals surface area contributed by atoms with E-state index in [-0.39, 0.29) is 17.3 Å². The zero-order valence-electron chi connectivity index (χ0n) is 9.94. The molecule has 0 saturated carbocycles. The highest BCUT2D eigenvalue weighted by Gasteiger charge is 2.28. The van der Waals surface area contributed by atoms with Crippen LogP contribution in [0, 0.1) is 0 Å². The molecule has 1 aliphatic heterocycles. The van der Waals surface area contributed by atoms with E-state index in [4.69, 9.17) is 0 Å². The largest absolute Gasteiger partial charge is 0.314 e. The number of rotatable bonds is 2. The van der Waals surface area contributed by atoms with Crippen LogP contribution in [0.2, 0.25) is 0 Å². The Hall–Kier alpha value is -0.800. The Kier molecular flexibility index (Phi) is 4.36. The summed E-state index contributed by atoms with van der Waals surface area (Å²) < 4.78 is 34.7. The fourth-order valence-electron chi connectivity index (χ4n) is 2.01. The molecular formula is C10H13ClN4O2S2. The van der Waals surface area contributed by atoms with Crippen molar-refractivity contribution in [2.45, 2.75) is 4.90 Å². The van der Waals surface area contributed by atoms with E-state index in [2.05, 4.69) is 14.1 Å². The van der Waals surface area contributed by atoms with Gasteiger partial charge in [0.2, 0.25) is 10.0 Å². The van der Waals surface area contributed by atoms with Crippen molar-refractivity contribution < 1.29 is 8.42 Å². The molecule has 2 aromatic rings. The molecule has 1 N–H and O–H groups in total. The van der Waals surface area contributed by atoms with Crippen LogP contribution in [0.1, 0.15) is 0 Å². The number of nitrogens with zero attached hydrogens (tertiary/aromatic N) is 3. The van der Waals surface area contributed by atoms with Gasteiger partial charge >= 0.3 is 0 Å². The molecule has 0 unspecified atom stereocenters. The maximum Gasteiger partial charge on any atom is 0.245 e. The third-order valence-electron chi connectivity index (χ3n) is 2.94. The molecule has 1 aliphatic rings. The van der Waals surface area contributed by atoms with Crippen LogP contribution in [-0.4, -0.2) is 47.6 Å². The fraction of sp³-hybridized carbons (Fsp3) is 0.400. The number of hydrogen-bond donors (Lipinski definition) is 1. The van der Waals surface area contributed by atoms with E-state index in [1.165, 1.54) is 4.31 Å². The Bertz CT molecular complexity index is 667. The Morgan fingerprint density at radius 1 is 1.21 bits per heavy atom. The van der Waals surface area contributed by atoms with E-state index < -0.39 is 10.0 Å². The van der Waals surface area contributed by atoms with Gasteiger partial charge in [0, 0.05) is 26.2 Å². The number of hydrogen-bond acceptors (Lipinski definition) is 6. The molecule has 1 saturated heterocycles. The third kappa shape index (κ3) is 2.59. The van der Waals surface area contributed by atoms with Crippen molar-refractivity contribution in [3.63, 3.8) is 0 Å². The highest BCUT2D eigenvalue weighted by molar-refractivity contribution is 7.89. The normalized spacial score (nSPS) is 17.3. The summed E-state index contributed by atoms with van der Waals surface area (Å²) >= 11 is 1.03. The maximum absolute atomic E-state index is 12.5. The fourth-order valence-corrected chi connectivity index (χ4v) is 4.21. The number of benzene rings is 1. The quantitative estimate of drug-likeness (QED) is 0.882. The van der Waals surface area contributed by atoms with Crippen molar-refractivity contribution in [1.29, 1.82) is 0 Å². The van der Waals surface area contributed by atoms with Crippen molar-refractivity contribution in [1.82, 2.24) is 18.4 Å². The Balaban J connectivity index is 0.00000133. The highest BCUT2D eigenvalue weighted by atomic mass is 35.5. The van der Waals surface area contributed by atoms with Crippen molar-refractivity contribution in [3.8, 4) is 0 Å². The molecule has 0 aliphatic carbocycles. The second-order valence-electron chi connectivity index (χ2n) is 4.04. The molecule has 0 atom stereocenters. The second kappa shape index (κ2) is 5.68. The molecule has 2 heterocycles. The van der Waals surface area contributed by atoms with E-state index in [0.717, 1.165) is 11.7 Å². The third-order valence-corrected chi connectivity index (χ3v) is 5.42. The Labute approximate surface area is 121 Å². The van der Waals surface area contributed by atoms with E-state index >= 15 is 0 Å². The van der Waals surface area contributed by atoms with E-state index in [9.17, 15) is 8.42 Å². The Morgan fingerprint density at radius 2 is 1.95 bits per heavy atom. The van der Waals surface area contributed by atoms with Crippen molar-refractivity contribution in [2.24, 2.45) is 0 Å². The molecule has 0 spiro atoms. The van der Waals surface area contributed by atoms with Gasteiger partial charge in [-0.25, -0.2) is 8.42 Å². The molecule has 19 heavy (non-hydrogen) atoms. The van der Waals surface area contributed by atoms with E-state index in [1.54, 1.807) is 18.2 Å². The maximum atomic E-state index is 12.5. The second-order valence-corrected chi connectivity index (χ2v) is 6.48. The molecule has 6 nitrogen and oxygen atoms in total. The number of nitrogens with one attached hydrogen (secondary N) is 1. The molecule has 0 bridgehead atoms. The lowest BCUT2D eigenvalue weighted by atomic mass is 10.3. The van der Waals surface area contributed by atoms with Gasteiger partial charge in [-0.15, -0.1) is 12.4 Å². The molecule has 3 rings (SSSR count). The van der Waals surface area contributed by atoms with Crippen LogP contribution in [0.15, 0.2) is 23.1 Å². The Morgan fingerprint density at radius 3 is 2.68 bits per heavy atom. The molecule has 1 aromatic heterocycles. The number of piperazine rings is 1. The minimum atomic E-state index is -3.46. The van der Waals surface area contributed by atoms with E-state index in [1.807, 2.05) is 0 Å². The SMILES string of the molecule is Cl.O=S(=O)(c1cccc2nsnc12)N1CCNCC1. The lowest BCUT2D eigenvalue weighted by Gasteiger charge is -2.26. The summed E-state index contributed by atoms with van der Waals surface area (Å²) in [7, 11) is -3.46. The predicted octanol–water partition coefficient (Wildman–Crippen LogP) is 0.707. The number of sulfonamides is 1. The molecular weight excluding hydrogens is 308 g/mol. The van der Waals surface area contributed by atoms with Crippen LogP contribution >= 0.6 is 24.1 Å². The van der Waals surface area contributed by atoms with Crippen LogP contribution in [0.4, 0.5) is 0 Å². The van der Waals surface area contributed by atoms with Crippen molar-refractivity contribution in [3.05, 3.63) is 18.2 Å². The molecule has 104 valence electrons. The van der Waals surface area contributed by atoms with Crippen LogP contribution < -0.4 is 5.32 Å². The standard InChI is InChI=1S/C10H12N4O2S2.ClH/c15-18(16,14-6-4-11-5-7-14)9-3-1-2-8-10(9)13-17-12-8;/h1-3,11H,4-7H2;1H. The van der Waals surface area contributed by atoms with Crippen LogP contribution in [0.25, 0.3) is 11.0 Å². The topological polar surface area (TPSA) is 75.2 Å². The summed E-state index contributed by atoms with van der Waals surface area (Å²) in [5, 5.41) is 3.14. The average molecular weight is 321 g/mol. The minimum Gasteiger partial charge on any atom is -0.314 e. The first-order valence-electron chi connectivity index (χ1n) is 5.62. The van der Waals surface area contributed by atoms with Crippen LogP contribution in [-0.2, 0) is 10.0 Å². The monoisotopic (exact) mass is 320 g/mol. The van der Waals surface area contributed by atoms with Gasteiger partial charge in [-0.1, -0.05) is 6.07 Å². The van der Waals surface area contributed by atoms with Gasteiger partial charge in [0.05, 0.1) is 11.7 Å². The minimum absolute atomic E-state index is 0. The zero-order valence-corrected chi connectivity index (χ0v) is 12.4. The van der Waals surface area contributed by atoms with Crippen LogP contribution in [0.3, 0.4) is 0 Å². The first-order valence-corrected chi connectivity index (χ1v) is 7.79. The summed E-state index contributed by atoms with van der Waals surface area (Å²) in [5.41, 5.74) is 1.11. The summed E-state index contributed by atoms with van der Waals surface area (Å²) in [4.78, 5) is 0.260. The van der Waals surface area contributed by atoms with Crippen molar-refractivity contribution >= 4 is 45.2 Å². The van der Waals surface area contributed by atoms with Gasteiger partial charge in [0.25, 0.3) is 0 Å². The molecule has 0 amide bonds. The molecule has 1 aromatic carbocycles. The van der Waals surface area contributed by atoms with Gasteiger partial charge in [-0.2, -0.15) is 13.1 Å². The van der Waals surface area contributed by atoms with E-state index in [0.29, 0.717) is 37.2 Å². The lowest BCUT2D eigenvalue weighted by molar-refractivity contribution is 0.360. The summed E-state index contributed by atoms with van der Waals surface area (Å²) in [6.45, 7) is 2.36. The lowest BCUT2D eigenvalue weighted by Crippen LogP contribution is -2.46. The highest BCUT2D eigenvalue weighted by Crippen LogP contribution is 2.24. The first-order chi connectivity index (χ1) is 8.69.